The van der Waals surface area contributed by atoms with Crippen molar-refractivity contribution in [3.8, 4) is 0 Å². The van der Waals surface area contributed by atoms with Crippen LogP contribution < -0.4 is 0 Å². The number of aromatic nitrogens is 2. The van der Waals surface area contributed by atoms with Crippen LogP contribution >= 0.6 is 0 Å². The number of carbonyl (C=O) groups is 1. The van der Waals surface area contributed by atoms with Gasteiger partial charge in [0.05, 0.1) is 29.6 Å². The van der Waals surface area contributed by atoms with Crippen LogP contribution in [0.5, 0.6) is 0 Å². The smallest absolute Gasteiger partial charge is 0.257 e. The number of morpholine rings is 1. The zero-order chi connectivity index (χ0) is 17.2. The molecule has 0 aromatic carbocycles. The third-order valence-corrected chi connectivity index (χ3v) is 3.84. The molecule has 23 heavy (non-hydrogen) atoms. The van der Waals surface area contributed by atoms with Crippen molar-refractivity contribution in [1.29, 1.82) is 0 Å². The first-order valence-corrected chi connectivity index (χ1v) is 8.03. The van der Waals surface area contributed by atoms with E-state index >= 15 is 0 Å². The van der Waals surface area contributed by atoms with Crippen LogP contribution in [0.2, 0.25) is 0 Å². The van der Waals surface area contributed by atoms with E-state index in [4.69, 9.17) is 9.47 Å². The van der Waals surface area contributed by atoms with Crippen LogP contribution in [0.3, 0.4) is 0 Å². The molecule has 1 aromatic rings. The standard InChI is InChI=1S/C17H27N3O3/c1-11(2)15-14(7-18-12(3)19-15)16(21)20-8-13(9-22-6)23-17(4,5)10-20/h7,11,13H,8-10H2,1-6H3/t13-/m1/s1. The van der Waals surface area contributed by atoms with E-state index in [1.807, 2.05) is 39.5 Å². The number of hydrogen-bond acceptors (Lipinski definition) is 5. The largest absolute Gasteiger partial charge is 0.382 e. The highest BCUT2D eigenvalue weighted by molar-refractivity contribution is 5.95. The van der Waals surface area contributed by atoms with Crippen LogP contribution in [0.15, 0.2) is 6.20 Å². The van der Waals surface area contributed by atoms with Crippen LogP contribution in [0.4, 0.5) is 0 Å². The molecular formula is C17H27N3O3. The molecule has 0 bridgehead atoms. The van der Waals surface area contributed by atoms with Gasteiger partial charge in [-0.3, -0.25) is 4.79 Å². The number of ether oxygens (including phenoxy) is 2. The lowest BCUT2D eigenvalue weighted by molar-refractivity contribution is -0.143. The Bertz CT molecular complexity index is 572. The first kappa shape index (κ1) is 17.8. The second-order valence-electron chi connectivity index (χ2n) is 7.01. The van der Waals surface area contributed by atoms with Gasteiger partial charge in [0.25, 0.3) is 5.91 Å². The molecule has 128 valence electrons. The summed E-state index contributed by atoms with van der Waals surface area (Å²) >= 11 is 0. The fourth-order valence-corrected chi connectivity index (χ4v) is 2.99. The lowest BCUT2D eigenvalue weighted by Crippen LogP contribution is -2.55. The molecule has 0 aliphatic carbocycles. The van der Waals surface area contributed by atoms with Crippen molar-refractivity contribution in [2.75, 3.05) is 26.8 Å². The van der Waals surface area contributed by atoms with Gasteiger partial charge >= 0.3 is 0 Å². The Hall–Kier alpha value is -1.53. The van der Waals surface area contributed by atoms with Gasteiger partial charge in [0, 0.05) is 26.4 Å². The molecule has 0 saturated carbocycles. The summed E-state index contributed by atoms with van der Waals surface area (Å²) in [4.78, 5) is 23.5. The average Bonchev–Trinajstić information content (AvgIpc) is 2.45. The lowest BCUT2D eigenvalue weighted by atomic mass is 10.0. The molecule has 1 aromatic heterocycles. The topological polar surface area (TPSA) is 64.5 Å². The SMILES string of the molecule is COC[C@H]1CN(C(=O)c2cnc(C)nc2C(C)C)CC(C)(C)O1. The molecular weight excluding hydrogens is 294 g/mol. The molecule has 1 aliphatic rings. The van der Waals surface area contributed by atoms with Gasteiger partial charge < -0.3 is 14.4 Å². The fraction of sp³-hybridized carbons (Fsp3) is 0.706. The van der Waals surface area contributed by atoms with E-state index in [2.05, 4.69) is 9.97 Å². The van der Waals surface area contributed by atoms with E-state index in [1.54, 1.807) is 13.3 Å². The maximum absolute atomic E-state index is 13.0. The summed E-state index contributed by atoms with van der Waals surface area (Å²) in [5.41, 5.74) is 0.982. The Morgan fingerprint density at radius 3 is 2.83 bits per heavy atom. The molecule has 6 heteroatoms. The molecule has 0 N–H and O–H groups in total. The number of amides is 1. The first-order valence-electron chi connectivity index (χ1n) is 8.03. The number of nitrogens with zero attached hydrogens (tertiary/aromatic N) is 3. The van der Waals surface area contributed by atoms with Gasteiger partial charge in [-0.2, -0.15) is 0 Å². The quantitative estimate of drug-likeness (QED) is 0.850. The molecule has 6 nitrogen and oxygen atoms in total. The number of methoxy groups -OCH3 is 1. The summed E-state index contributed by atoms with van der Waals surface area (Å²) in [5, 5.41) is 0. The highest BCUT2D eigenvalue weighted by Gasteiger charge is 2.36. The van der Waals surface area contributed by atoms with Crippen molar-refractivity contribution in [3.05, 3.63) is 23.3 Å². The van der Waals surface area contributed by atoms with Crippen LogP contribution in [-0.4, -0.2) is 59.3 Å². The summed E-state index contributed by atoms with van der Waals surface area (Å²) in [7, 11) is 1.64. The van der Waals surface area contributed by atoms with Crippen molar-refractivity contribution < 1.29 is 14.3 Å². The van der Waals surface area contributed by atoms with Gasteiger partial charge in [-0.05, 0) is 26.7 Å². The van der Waals surface area contributed by atoms with Crippen molar-refractivity contribution in [3.63, 3.8) is 0 Å². The number of carbonyl (C=O) groups excluding carboxylic acids is 1. The minimum Gasteiger partial charge on any atom is -0.382 e. The maximum Gasteiger partial charge on any atom is 0.257 e. The van der Waals surface area contributed by atoms with E-state index < -0.39 is 5.60 Å². The molecule has 0 unspecified atom stereocenters. The molecule has 1 atom stereocenters. The minimum absolute atomic E-state index is 0.0359. The third kappa shape index (κ3) is 4.26. The molecule has 2 heterocycles. The average molecular weight is 321 g/mol. The lowest BCUT2D eigenvalue weighted by Gasteiger charge is -2.42. The Kier molecular flexibility index (Phi) is 5.37. The minimum atomic E-state index is -0.402. The van der Waals surface area contributed by atoms with Crippen LogP contribution in [0.25, 0.3) is 0 Å². The molecule has 1 saturated heterocycles. The van der Waals surface area contributed by atoms with Gasteiger partial charge in [0.2, 0.25) is 0 Å². The Morgan fingerprint density at radius 2 is 2.22 bits per heavy atom. The molecule has 2 rings (SSSR count). The second-order valence-corrected chi connectivity index (χ2v) is 7.01. The summed E-state index contributed by atoms with van der Waals surface area (Å²) in [6.07, 6.45) is 1.52. The van der Waals surface area contributed by atoms with Gasteiger partial charge in [0.1, 0.15) is 5.82 Å². The number of aryl methyl sites for hydroxylation is 1. The van der Waals surface area contributed by atoms with Gasteiger partial charge in [0.15, 0.2) is 0 Å². The van der Waals surface area contributed by atoms with Crippen molar-refractivity contribution in [1.82, 2.24) is 14.9 Å². The predicted octanol–water partition coefficient (Wildman–Crippen LogP) is 2.17. The van der Waals surface area contributed by atoms with Crippen LogP contribution in [0, 0.1) is 6.92 Å². The molecule has 1 fully saturated rings. The fourth-order valence-electron chi connectivity index (χ4n) is 2.99. The molecule has 1 aliphatic heterocycles. The Morgan fingerprint density at radius 1 is 1.52 bits per heavy atom. The third-order valence-electron chi connectivity index (χ3n) is 3.84. The maximum atomic E-state index is 13.0. The van der Waals surface area contributed by atoms with E-state index in [1.165, 1.54) is 0 Å². The van der Waals surface area contributed by atoms with Gasteiger partial charge in [-0.15, -0.1) is 0 Å². The van der Waals surface area contributed by atoms with E-state index in [0.717, 1.165) is 5.69 Å². The second kappa shape index (κ2) is 6.93. The first-order chi connectivity index (χ1) is 10.7. The van der Waals surface area contributed by atoms with E-state index in [-0.39, 0.29) is 17.9 Å². The predicted molar refractivity (Wildman–Crippen MR) is 87.6 cm³/mol. The zero-order valence-electron chi connectivity index (χ0n) is 14.9. The zero-order valence-corrected chi connectivity index (χ0v) is 14.9. The summed E-state index contributed by atoms with van der Waals surface area (Å²) in [5.74, 6) is 0.815. The van der Waals surface area contributed by atoms with Crippen molar-refractivity contribution in [2.24, 2.45) is 0 Å². The highest BCUT2D eigenvalue weighted by Crippen LogP contribution is 2.25. The van der Waals surface area contributed by atoms with E-state index in [0.29, 0.717) is 31.1 Å². The van der Waals surface area contributed by atoms with Crippen LogP contribution in [0.1, 0.15) is 55.5 Å². The summed E-state index contributed by atoms with van der Waals surface area (Å²) in [6, 6.07) is 0. The molecule has 0 radical (unpaired) electrons. The summed E-state index contributed by atoms with van der Waals surface area (Å²) in [6.45, 7) is 11.4. The molecule has 0 spiro atoms. The van der Waals surface area contributed by atoms with Crippen molar-refractivity contribution in [2.45, 2.75) is 52.2 Å². The number of hydrogen-bond donors (Lipinski definition) is 0. The van der Waals surface area contributed by atoms with E-state index in [9.17, 15) is 4.79 Å². The Labute approximate surface area is 138 Å². The highest BCUT2D eigenvalue weighted by atomic mass is 16.5. The number of rotatable bonds is 4. The van der Waals surface area contributed by atoms with Gasteiger partial charge in [-0.25, -0.2) is 9.97 Å². The summed E-state index contributed by atoms with van der Waals surface area (Å²) < 4.78 is 11.2. The monoisotopic (exact) mass is 321 g/mol. The Balaban J connectivity index is 2.29. The van der Waals surface area contributed by atoms with Crippen molar-refractivity contribution >= 4 is 5.91 Å². The molecule has 1 amide bonds. The van der Waals surface area contributed by atoms with Crippen LogP contribution in [-0.2, 0) is 9.47 Å². The van der Waals surface area contributed by atoms with Gasteiger partial charge in [-0.1, -0.05) is 13.8 Å². The normalized spacial score (nSPS) is 20.8.